The number of thioether (sulfide) groups is 1. The molecule has 1 rings (SSSR count). The van der Waals surface area contributed by atoms with Gasteiger partial charge in [0.15, 0.2) is 0 Å². The predicted octanol–water partition coefficient (Wildman–Crippen LogP) is 2.31. The molecule has 0 unspecified atom stereocenters. The number of aromatic nitrogens is 1. The zero-order chi connectivity index (χ0) is 11.8. The molecule has 0 saturated heterocycles. The van der Waals surface area contributed by atoms with Crippen molar-refractivity contribution in [1.82, 2.24) is 9.88 Å². The molecule has 0 saturated carbocycles. The van der Waals surface area contributed by atoms with Crippen LogP contribution in [0.4, 0.5) is 5.82 Å². The number of hydrogen-bond acceptors (Lipinski definition) is 4. The summed E-state index contributed by atoms with van der Waals surface area (Å²) < 4.78 is 0. The number of hydrogen-bond donors (Lipinski definition) is 1. The van der Waals surface area contributed by atoms with Gasteiger partial charge in [0.1, 0.15) is 5.82 Å². The third-order valence-electron chi connectivity index (χ3n) is 2.13. The van der Waals surface area contributed by atoms with Gasteiger partial charge >= 0.3 is 0 Å². The van der Waals surface area contributed by atoms with Crippen molar-refractivity contribution in [2.24, 2.45) is 0 Å². The van der Waals surface area contributed by atoms with E-state index in [-0.39, 0.29) is 0 Å². The lowest BCUT2D eigenvalue weighted by molar-refractivity contribution is 0.437. The Morgan fingerprint density at radius 1 is 1.44 bits per heavy atom. The lowest BCUT2D eigenvalue weighted by Crippen LogP contribution is -2.14. The smallest absolute Gasteiger partial charge is 0.126 e. The quantitative estimate of drug-likeness (QED) is 0.739. The van der Waals surface area contributed by atoms with Crippen LogP contribution in [0.3, 0.4) is 0 Å². The van der Waals surface area contributed by atoms with E-state index in [1.54, 1.807) is 0 Å². The van der Waals surface area contributed by atoms with E-state index in [0.717, 1.165) is 24.7 Å². The van der Waals surface area contributed by atoms with Gasteiger partial charge in [-0.25, -0.2) is 4.98 Å². The predicted molar refractivity (Wildman–Crippen MR) is 73.1 cm³/mol. The molecule has 0 aliphatic rings. The van der Waals surface area contributed by atoms with Gasteiger partial charge in [-0.3, -0.25) is 0 Å². The molecule has 0 bridgehead atoms. The highest BCUT2D eigenvalue weighted by Gasteiger charge is 1.97. The Labute approximate surface area is 103 Å². The molecule has 0 radical (unpaired) electrons. The van der Waals surface area contributed by atoms with Gasteiger partial charge in [0, 0.05) is 30.8 Å². The van der Waals surface area contributed by atoms with Gasteiger partial charge in [-0.1, -0.05) is 0 Å². The number of rotatable bonds is 7. The average molecular weight is 239 g/mol. The first kappa shape index (κ1) is 13.3. The molecule has 1 N–H and O–H groups in total. The maximum absolute atomic E-state index is 4.26. The van der Waals surface area contributed by atoms with Crippen LogP contribution in [-0.4, -0.2) is 42.8 Å². The molecular formula is C12H21N3S. The summed E-state index contributed by atoms with van der Waals surface area (Å²) in [7, 11) is 4.21. The lowest BCUT2D eigenvalue weighted by atomic mass is 10.3. The molecule has 16 heavy (non-hydrogen) atoms. The third kappa shape index (κ3) is 5.37. The minimum absolute atomic E-state index is 0.921. The molecular weight excluding hydrogens is 218 g/mol. The van der Waals surface area contributed by atoms with Crippen LogP contribution in [0.2, 0.25) is 0 Å². The summed E-state index contributed by atoms with van der Waals surface area (Å²) >= 11 is 1.96. The summed E-state index contributed by atoms with van der Waals surface area (Å²) in [6, 6.07) is 4.22. The summed E-state index contributed by atoms with van der Waals surface area (Å²) in [6.45, 7) is 4.14. The van der Waals surface area contributed by atoms with Gasteiger partial charge in [0.25, 0.3) is 0 Å². The van der Waals surface area contributed by atoms with E-state index in [1.165, 1.54) is 11.3 Å². The first-order valence-corrected chi connectivity index (χ1v) is 6.79. The summed E-state index contributed by atoms with van der Waals surface area (Å²) in [6.07, 6.45) is 1.87. The Morgan fingerprint density at radius 2 is 2.25 bits per heavy atom. The van der Waals surface area contributed by atoms with Crippen molar-refractivity contribution in [2.45, 2.75) is 12.7 Å². The van der Waals surface area contributed by atoms with Crippen molar-refractivity contribution >= 4 is 17.6 Å². The van der Waals surface area contributed by atoms with Crippen molar-refractivity contribution in [3.63, 3.8) is 0 Å². The highest BCUT2D eigenvalue weighted by molar-refractivity contribution is 7.98. The second kappa shape index (κ2) is 7.52. The van der Waals surface area contributed by atoms with Crippen molar-refractivity contribution in [3.05, 3.63) is 23.9 Å². The Kier molecular flexibility index (Phi) is 6.26. The molecule has 0 amide bonds. The van der Waals surface area contributed by atoms with Crippen LogP contribution in [0.5, 0.6) is 0 Å². The SMILES string of the molecule is CCNc1cc(CSCCN(C)C)ccn1. The summed E-state index contributed by atoms with van der Waals surface area (Å²) in [5, 5.41) is 3.23. The molecule has 0 spiro atoms. The molecule has 0 aliphatic carbocycles. The van der Waals surface area contributed by atoms with E-state index >= 15 is 0 Å². The minimum Gasteiger partial charge on any atom is -0.370 e. The van der Waals surface area contributed by atoms with Gasteiger partial charge < -0.3 is 10.2 Å². The van der Waals surface area contributed by atoms with Gasteiger partial charge in [-0.15, -0.1) is 0 Å². The molecule has 90 valence electrons. The Bertz CT molecular complexity index is 302. The topological polar surface area (TPSA) is 28.2 Å². The fraction of sp³-hybridized carbons (Fsp3) is 0.583. The van der Waals surface area contributed by atoms with Gasteiger partial charge in [0.2, 0.25) is 0 Å². The molecule has 3 nitrogen and oxygen atoms in total. The fourth-order valence-electron chi connectivity index (χ4n) is 1.28. The van der Waals surface area contributed by atoms with Crippen LogP contribution in [0.1, 0.15) is 12.5 Å². The molecule has 1 aromatic heterocycles. The molecule has 0 fully saturated rings. The molecule has 0 aliphatic heterocycles. The van der Waals surface area contributed by atoms with E-state index in [2.05, 4.69) is 48.4 Å². The number of pyridine rings is 1. The van der Waals surface area contributed by atoms with E-state index < -0.39 is 0 Å². The Hall–Kier alpha value is -0.740. The van der Waals surface area contributed by atoms with Gasteiger partial charge in [-0.05, 0) is 38.7 Å². The highest BCUT2D eigenvalue weighted by atomic mass is 32.2. The van der Waals surface area contributed by atoms with Crippen LogP contribution < -0.4 is 5.32 Å². The van der Waals surface area contributed by atoms with Crippen molar-refractivity contribution in [3.8, 4) is 0 Å². The van der Waals surface area contributed by atoms with Gasteiger partial charge in [-0.2, -0.15) is 11.8 Å². The second-order valence-electron chi connectivity index (χ2n) is 3.94. The number of anilines is 1. The normalized spacial score (nSPS) is 10.8. The summed E-state index contributed by atoms with van der Waals surface area (Å²) in [5.74, 6) is 3.22. The lowest BCUT2D eigenvalue weighted by Gasteiger charge is -2.09. The van der Waals surface area contributed by atoms with Crippen LogP contribution in [-0.2, 0) is 5.75 Å². The molecule has 1 heterocycles. The first-order valence-electron chi connectivity index (χ1n) is 5.63. The molecule has 4 heteroatoms. The van der Waals surface area contributed by atoms with Crippen LogP contribution in [0.15, 0.2) is 18.3 Å². The largest absolute Gasteiger partial charge is 0.370 e. The van der Waals surface area contributed by atoms with Crippen LogP contribution in [0, 0.1) is 0 Å². The maximum Gasteiger partial charge on any atom is 0.126 e. The Balaban J connectivity index is 2.33. The summed E-state index contributed by atoms with van der Waals surface area (Å²) in [4.78, 5) is 6.47. The van der Waals surface area contributed by atoms with Crippen molar-refractivity contribution < 1.29 is 0 Å². The van der Waals surface area contributed by atoms with E-state index in [9.17, 15) is 0 Å². The summed E-state index contributed by atoms with van der Waals surface area (Å²) in [5.41, 5.74) is 1.34. The van der Waals surface area contributed by atoms with E-state index in [0.29, 0.717) is 0 Å². The first-order chi connectivity index (χ1) is 7.72. The third-order valence-corrected chi connectivity index (χ3v) is 3.14. The standard InChI is InChI=1S/C12H21N3S/c1-4-13-12-9-11(5-6-14-12)10-16-8-7-15(2)3/h5-6,9H,4,7-8,10H2,1-3H3,(H,13,14). The zero-order valence-electron chi connectivity index (χ0n) is 10.4. The van der Waals surface area contributed by atoms with Gasteiger partial charge in [0.05, 0.1) is 0 Å². The Morgan fingerprint density at radius 3 is 2.94 bits per heavy atom. The average Bonchev–Trinajstić information content (AvgIpc) is 2.25. The van der Waals surface area contributed by atoms with Crippen LogP contribution >= 0.6 is 11.8 Å². The van der Waals surface area contributed by atoms with E-state index in [4.69, 9.17) is 0 Å². The number of nitrogens with one attached hydrogen (secondary N) is 1. The monoisotopic (exact) mass is 239 g/mol. The van der Waals surface area contributed by atoms with Crippen LogP contribution in [0.25, 0.3) is 0 Å². The molecule has 0 aromatic carbocycles. The number of nitrogens with zero attached hydrogens (tertiary/aromatic N) is 2. The fourth-order valence-corrected chi connectivity index (χ4v) is 2.33. The minimum atomic E-state index is 0.921. The highest BCUT2D eigenvalue weighted by Crippen LogP contribution is 2.14. The second-order valence-corrected chi connectivity index (χ2v) is 5.04. The van der Waals surface area contributed by atoms with Crippen molar-refractivity contribution in [1.29, 1.82) is 0 Å². The van der Waals surface area contributed by atoms with Crippen molar-refractivity contribution in [2.75, 3.05) is 38.3 Å². The molecule has 0 atom stereocenters. The molecule has 1 aromatic rings. The van der Waals surface area contributed by atoms with E-state index in [1.807, 2.05) is 18.0 Å². The maximum atomic E-state index is 4.26. The zero-order valence-corrected chi connectivity index (χ0v) is 11.2.